The van der Waals surface area contributed by atoms with Gasteiger partial charge in [0.05, 0.1) is 0 Å². The van der Waals surface area contributed by atoms with Crippen LogP contribution in [0, 0.1) is 6.92 Å². The Balaban J connectivity index is 1.34. The predicted octanol–water partition coefficient (Wildman–Crippen LogP) is 6.02. The van der Waals surface area contributed by atoms with Crippen molar-refractivity contribution in [2.45, 2.75) is 6.92 Å². The lowest BCUT2D eigenvalue weighted by atomic mass is 10.1. The molecule has 2 heterocycles. The van der Waals surface area contributed by atoms with Gasteiger partial charge in [-0.25, -0.2) is 4.98 Å². The number of hydrogen-bond acceptors (Lipinski definition) is 5. The molecule has 0 radical (unpaired) electrons. The minimum Gasteiger partial charge on any atom is -0.436 e. The Hall–Kier alpha value is -3.99. The summed E-state index contributed by atoms with van der Waals surface area (Å²) in [7, 11) is 0. The van der Waals surface area contributed by atoms with Crippen LogP contribution in [0.15, 0.2) is 81.6 Å². The zero-order valence-electron chi connectivity index (χ0n) is 15.7. The number of benzene rings is 3. The molecular weight excluding hydrogens is 362 g/mol. The predicted molar refractivity (Wildman–Crippen MR) is 113 cm³/mol. The molecule has 29 heavy (non-hydrogen) atoms. The van der Waals surface area contributed by atoms with Crippen molar-refractivity contribution >= 4 is 23.3 Å². The van der Waals surface area contributed by atoms with Crippen LogP contribution < -0.4 is 0 Å². The maximum atomic E-state index is 5.86. The molecule has 0 N–H and O–H groups in total. The van der Waals surface area contributed by atoms with E-state index in [-0.39, 0.29) is 0 Å². The van der Waals surface area contributed by atoms with E-state index in [0.717, 1.165) is 33.4 Å². The van der Waals surface area contributed by atoms with Crippen LogP contribution in [0.5, 0.6) is 0 Å². The fourth-order valence-electron chi connectivity index (χ4n) is 3.06. The lowest BCUT2D eigenvalue weighted by Crippen LogP contribution is -1.78. The minimum absolute atomic E-state index is 0.460. The number of oxazole rings is 1. The Morgan fingerprint density at radius 3 is 2.34 bits per heavy atom. The molecule has 0 atom stereocenters. The second-order valence-electron chi connectivity index (χ2n) is 6.76. The number of nitrogens with zero attached hydrogens (tertiary/aromatic N) is 3. The summed E-state index contributed by atoms with van der Waals surface area (Å²) in [6.07, 6.45) is 3.73. The van der Waals surface area contributed by atoms with Crippen molar-refractivity contribution in [1.82, 2.24) is 15.2 Å². The Morgan fingerprint density at radius 1 is 0.724 bits per heavy atom. The highest BCUT2D eigenvalue weighted by Gasteiger charge is 2.08. The van der Waals surface area contributed by atoms with Gasteiger partial charge < -0.3 is 8.83 Å². The summed E-state index contributed by atoms with van der Waals surface area (Å²) in [5.41, 5.74) is 5.67. The van der Waals surface area contributed by atoms with E-state index in [0.29, 0.717) is 17.7 Å². The third-order valence-corrected chi connectivity index (χ3v) is 4.58. The SMILES string of the molecule is Cc1ccc2oc(-c3ccc(/C=C/c4nnc(-c5ccccc5)o4)cc3)nc2c1. The van der Waals surface area contributed by atoms with Gasteiger partial charge in [-0.2, -0.15) is 0 Å². The normalized spacial score (nSPS) is 11.5. The molecule has 0 aliphatic rings. The highest BCUT2D eigenvalue weighted by molar-refractivity contribution is 5.77. The summed E-state index contributed by atoms with van der Waals surface area (Å²) in [6, 6.07) is 23.7. The summed E-state index contributed by atoms with van der Waals surface area (Å²) in [6.45, 7) is 2.04. The number of aryl methyl sites for hydroxylation is 1. The Morgan fingerprint density at radius 2 is 1.52 bits per heavy atom. The number of hydrogen-bond donors (Lipinski definition) is 0. The van der Waals surface area contributed by atoms with Crippen molar-refractivity contribution in [1.29, 1.82) is 0 Å². The van der Waals surface area contributed by atoms with Gasteiger partial charge in [0.2, 0.25) is 17.7 Å². The van der Waals surface area contributed by atoms with Gasteiger partial charge in [-0.05, 0) is 60.5 Å². The van der Waals surface area contributed by atoms with Crippen molar-refractivity contribution in [3.05, 3.63) is 89.8 Å². The van der Waals surface area contributed by atoms with Crippen LogP contribution >= 0.6 is 0 Å². The van der Waals surface area contributed by atoms with E-state index in [2.05, 4.69) is 15.2 Å². The van der Waals surface area contributed by atoms with Crippen LogP contribution in [0.3, 0.4) is 0 Å². The smallest absolute Gasteiger partial charge is 0.248 e. The lowest BCUT2D eigenvalue weighted by Gasteiger charge is -1.96. The maximum absolute atomic E-state index is 5.86. The van der Waals surface area contributed by atoms with Crippen LogP contribution in [0.25, 0.3) is 46.2 Å². The summed E-state index contributed by atoms with van der Waals surface area (Å²) in [4.78, 5) is 4.58. The molecule has 0 unspecified atom stereocenters. The lowest BCUT2D eigenvalue weighted by molar-refractivity contribution is 0.558. The van der Waals surface area contributed by atoms with Gasteiger partial charge in [0.1, 0.15) is 5.52 Å². The average molecular weight is 379 g/mol. The summed E-state index contributed by atoms with van der Waals surface area (Å²) >= 11 is 0. The van der Waals surface area contributed by atoms with Gasteiger partial charge in [-0.15, -0.1) is 10.2 Å². The Kier molecular flexibility index (Phi) is 4.26. The summed E-state index contributed by atoms with van der Waals surface area (Å²) in [5.74, 6) is 1.58. The minimum atomic E-state index is 0.460. The molecule has 0 saturated carbocycles. The second-order valence-corrected chi connectivity index (χ2v) is 6.76. The van der Waals surface area contributed by atoms with Gasteiger partial charge in [0.15, 0.2) is 5.58 Å². The van der Waals surface area contributed by atoms with E-state index in [9.17, 15) is 0 Å². The highest BCUT2D eigenvalue weighted by Crippen LogP contribution is 2.25. The molecule has 0 aliphatic carbocycles. The van der Waals surface area contributed by atoms with Crippen LogP contribution in [0.4, 0.5) is 0 Å². The quantitative estimate of drug-likeness (QED) is 0.382. The zero-order valence-corrected chi connectivity index (χ0v) is 15.7. The standard InChI is InChI=1S/C24H17N3O2/c1-16-7-13-21-20(15-16)25-23(28-21)19-11-8-17(9-12-19)10-14-22-26-27-24(29-22)18-5-3-2-4-6-18/h2-15H,1H3/b14-10+. The van der Waals surface area contributed by atoms with E-state index in [1.165, 1.54) is 0 Å². The molecule has 3 aromatic carbocycles. The van der Waals surface area contributed by atoms with E-state index in [1.54, 1.807) is 6.08 Å². The molecule has 0 bridgehead atoms. The topological polar surface area (TPSA) is 65.0 Å². The molecule has 5 rings (SSSR count). The molecule has 0 spiro atoms. The van der Waals surface area contributed by atoms with Crippen LogP contribution in [-0.2, 0) is 0 Å². The second kappa shape index (κ2) is 7.20. The molecular formula is C24H17N3O2. The molecule has 0 amide bonds. The van der Waals surface area contributed by atoms with Gasteiger partial charge in [0.25, 0.3) is 0 Å². The first-order valence-electron chi connectivity index (χ1n) is 9.29. The van der Waals surface area contributed by atoms with Crippen molar-refractivity contribution < 1.29 is 8.83 Å². The van der Waals surface area contributed by atoms with Crippen molar-refractivity contribution in [2.75, 3.05) is 0 Å². The number of fused-ring (bicyclic) bond motifs is 1. The molecule has 2 aromatic heterocycles. The molecule has 0 aliphatic heterocycles. The van der Waals surface area contributed by atoms with Gasteiger partial charge in [-0.1, -0.05) is 36.4 Å². The molecule has 5 nitrogen and oxygen atoms in total. The largest absolute Gasteiger partial charge is 0.436 e. The first kappa shape index (κ1) is 17.1. The fourth-order valence-corrected chi connectivity index (χ4v) is 3.06. The molecule has 0 fully saturated rings. The molecule has 5 heteroatoms. The number of rotatable bonds is 4. The van der Waals surface area contributed by atoms with Gasteiger partial charge in [-0.3, -0.25) is 0 Å². The summed E-state index contributed by atoms with van der Waals surface area (Å²) in [5, 5.41) is 8.17. The van der Waals surface area contributed by atoms with E-state index in [1.807, 2.05) is 85.8 Å². The Bertz CT molecular complexity index is 1300. The number of aromatic nitrogens is 3. The summed E-state index contributed by atoms with van der Waals surface area (Å²) < 4.78 is 11.6. The van der Waals surface area contributed by atoms with Crippen LogP contribution in [-0.4, -0.2) is 15.2 Å². The van der Waals surface area contributed by atoms with Gasteiger partial charge >= 0.3 is 0 Å². The third kappa shape index (κ3) is 3.58. The molecule has 5 aromatic rings. The molecule has 0 saturated heterocycles. The Labute approximate surface area is 167 Å². The van der Waals surface area contributed by atoms with Gasteiger partial charge in [0, 0.05) is 17.2 Å². The third-order valence-electron chi connectivity index (χ3n) is 4.58. The monoisotopic (exact) mass is 379 g/mol. The highest BCUT2D eigenvalue weighted by atomic mass is 16.4. The average Bonchev–Trinajstić information content (AvgIpc) is 3.40. The van der Waals surface area contributed by atoms with E-state index in [4.69, 9.17) is 8.83 Å². The van der Waals surface area contributed by atoms with Crippen LogP contribution in [0.2, 0.25) is 0 Å². The first-order valence-corrected chi connectivity index (χ1v) is 9.29. The van der Waals surface area contributed by atoms with Crippen molar-refractivity contribution in [3.63, 3.8) is 0 Å². The molecule has 140 valence electrons. The first-order chi connectivity index (χ1) is 14.2. The zero-order chi connectivity index (χ0) is 19.6. The fraction of sp³-hybridized carbons (Fsp3) is 0.0417. The van der Waals surface area contributed by atoms with E-state index >= 15 is 0 Å². The maximum Gasteiger partial charge on any atom is 0.248 e. The van der Waals surface area contributed by atoms with E-state index < -0.39 is 0 Å². The van der Waals surface area contributed by atoms with Crippen molar-refractivity contribution in [2.24, 2.45) is 0 Å². The van der Waals surface area contributed by atoms with Crippen LogP contribution in [0.1, 0.15) is 17.0 Å². The van der Waals surface area contributed by atoms with Crippen molar-refractivity contribution in [3.8, 4) is 22.9 Å².